The first-order valence-corrected chi connectivity index (χ1v) is 6.16. The lowest BCUT2D eigenvalue weighted by Crippen LogP contribution is -2.39. The van der Waals surface area contributed by atoms with Crippen molar-refractivity contribution in [1.29, 1.82) is 0 Å². The predicted molar refractivity (Wildman–Crippen MR) is 67.5 cm³/mol. The minimum Gasteiger partial charge on any atom is -0.379 e. The van der Waals surface area contributed by atoms with Crippen molar-refractivity contribution in [1.82, 2.24) is 14.9 Å². The molecule has 1 aromatic rings. The summed E-state index contributed by atoms with van der Waals surface area (Å²) in [6, 6.07) is 0. The van der Waals surface area contributed by atoms with E-state index in [0.29, 0.717) is 5.15 Å². The van der Waals surface area contributed by atoms with Crippen LogP contribution in [0.4, 0.5) is 5.82 Å². The van der Waals surface area contributed by atoms with Crippen LogP contribution in [0.15, 0.2) is 6.33 Å². The average molecular weight is 257 g/mol. The molecule has 6 heteroatoms. The molecule has 0 aliphatic carbocycles. The Morgan fingerprint density at radius 2 is 2.18 bits per heavy atom. The van der Waals surface area contributed by atoms with Crippen molar-refractivity contribution in [3.63, 3.8) is 0 Å². The van der Waals surface area contributed by atoms with E-state index in [0.717, 1.165) is 50.8 Å². The molecule has 0 radical (unpaired) electrons. The fourth-order valence-electron chi connectivity index (χ4n) is 1.76. The Kier molecular flexibility index (Phi) is 4.53. The number of morpholine rings is 1. The van der Waals surface area contributed by atoms with Crippen LogP contribution in [0, 0.1) is 6.92 Å². The molecule has 1 aliphatic heterocycles. The van der Waals surface area contributed by atoms with Gasteiger partial charge in [-0.1, -0.05) is 11.6 Å². The van der Waals surface area contributed by atoms with Crippen LogP contribution in [0.1, 0.15) is 5.56 Å². The maximum Gasteiger partial charge on any atom is 0.137 e. The molecule has 0 aromatic carbocycles. The topological polar surface area (TPSA) is 50.3 Å². The predicted octanol–water partition coefficient (Wildman–Crippen LogP) is 1.18. The zero-order valence-corrected chi connectivity index (χ0v) is 10.7. The lowest BCUT2D eigenvalue weighted by atomic mass is 10.3. The van der Waals surface area contributed by atoms with Crippen LogP contribution in [0.25, 0.3) is 0 Å². The van der Waals surface area contributed by atoms with Gasteiger partial charge in [-0.25, -0.2) is 9.97 Å². The van der Waals surface area contributed by atoms with Crippen molar-refractivity contribution in [2.45, 2.75) is 6.92 Å². The number of hydrogen-bond donors (Lipinski definition) is 1. The van der Waals surface area contributed by atoms with E-state index in [-0.39, 0.29) is 0 Å². The second-order valence-electron chi connectivity index (χ2n) is 4.02. The summed E-state index contributed by atoms with van der Waals surface area (Å²) >= 11 is 5.92. The number of nitrogens with zero attached hydrogens (tertiary/aromatic N) is 3. The van der Waals surface area contributed by atoms with Crippen LogP contribution >= 0.6 is 11.6 Å². The van der Waals surface area contributed by atoms with Crippen molar-refractivity contribution >= 4 is 17.4 Å². The molecule has 0 saturated carbocycles. The molecule has 1 aromatic heterocycles. The summed E-state index contributed by atoms with van der Waals surface area (Å²) in [5.41, 5.74) is 0.899. The first-order valence-electron chi connectivity index (χ1n) is 5.78. The van der Waals surface area contributed by atoms with Crippen LogP contribution in [0.2, 0.25) is 5.15 Å². The van der Waals surface area contributed by atoms with Crippen LogP contribution in [0.5, 0.6) is 0 Å². The van der Waals surface area contributed by atoms with Gasteiger partial charge in [-0.05, 0) is 6.92 Å². The fourth-order valence-corrected chi connectivity index (χ4v) is 1.90. The third-order valence-electron chi connectivity index (χ3n) is 2.85. The summed E-state index contributed by atoms with van der Waals surface area (Å²) in [6.45, 7) is 7.44. The molecule has 0 bridgehead atoms. The zero-order chi connectivity index (χ0) is 12.1. The van der Waals surface area contributed by atoms with Gasteiger partial charge in [0.1, 0.15) is 17.3 Å². The minimum atomic E-state index is 0.508. The molecule has 1 fully saturated rings. The lowest BCUT2D eigenvalue weighted by molar-refractivity contribution is 0.0398. The quantitative estimate of drug-likeness (QED) is 0.820. The molecule has 2 heterocycles. The highest BCUT2D eigenvalue weighted by Crippen LogP contribution is 2.17. The number of ether oxygens (including phenoxy) is 1. The molecular weight excluding hydrogens is 240 g/mol. The van der Waals surface area contributed by atoms with Gasteiger partial charge >= 0.3 is 0 Å². The standard InChI is InChI=1S/C11H17ClN4O/c1-9-10(12)14-8-15-11(9)13-2-3-16-4-6-17-7-5-16/h8H,2-7H2,1H3,(H,13,14,15). The number of halogens is 1. The van der Waals surface area contributed by atoms with Gasteiger partial charge in [0.05, 0.1) is 13.2 Å². The third-order valence-corrected chi connectivity index (χ3v) is 3.23. The highest BCUT2D eigenvalue weighted by molar-refractivity contribution is 6.30. The number of hydrogen-bond acceptors (Lipinski definition) is 5. The Morgan fingerprint density at radius 3 is 2.94 bits per heavy atom. The lowest BCUT2D eigenvalue weighted by Gasteiger charge is -2.26. The molecule has 0 atom stereocenters. The van der Waals surface area contributed by atoms with E-state index in [1.165, 1.54) is 6.33 Å². The Hall–Kier alpha value is -0.910. The monoisotopic (exact) mass is 256 g/mol. The summed E-state index contributed by atoms with van der Waals surface area (Å²) < 4.78 is 5.30. The van der Waals surface area contributed by atoms with E-state index >= 15 is 0 Å². The zero-order valence-electron chi connectivity index (χ0n) is 9.95. The first kappa shape index (κ1) is 12.5. The van der Waals surface area contributed by atoms with Gasteiger partial charge in [0, 0.05) is 31.7 Å². The highest BCUT2D eigenvalue weighted by Gasteiger charge is 2.10. The molecule has 0 unspecified atom stereocenters. The fraction of sp³-hybridized carbons (Fsp3) is 0.636. The molecular formula is C11H17ClN4O. The summed E-state index contributed by atoms with van der Waals surface area (Å²) in [5, 5.41) is 3.79. The number of anilines is 1. The minimum absolute atomic E-state index is 0.508. The normalized spacial score (nSPS) is 17.1. The van der Waals surface area contributed by atoms with Gasteiger partial charge in [-0.15, -0.1) is 0 Å². The summed E-state index contributed by atoms with van der Waals surface area (Å²) in [7, 11) is 0. The summed E-state index contributed by atoms with van der Waals surface area (Å²) in [6.07, 6.45) is 1.48. The van der Waals surface area contributed by atoms with E-state index < -0.39 is 0 Å². The molecule has 0 amide bonds. The molecule has 0 spiro atoms. The van der Waals surface area contributed by atoms with Gasteiger partial charge < -0.3 is 10.1 Å². The van der Waals surface area contributed by atoms with E-state index in [1.54, 1.807) is 0 Å². The second-order valence-corrected chi connectivity index (χ2v) is 4.38. The van der Waals surface area contributed by atoms with Gasteiger partial charge in [-0.3, -0.25) is 4.90 Å². The molecule has 1 saturated heterocycles. The van der Waals surface area contributed by atoms with Gasteiger partial charge in [0.2, 0.25) is 0 Å². The summed E-state index contributed by atoms with van der Waals surface area (Å²) in [4.78, 5) is 10.5. The highest BCUT2D eigenvalue weighted by atomic mass is 35.5. The number of nitrogens with one attached hydrogen (secondary N) is 1. The molecule has 5 nitrogen and oxygen atoms in total. The van der Waals surface area contributed by atoms with Crippen LogP contribution in [-0.4, -0.2) is 54.3 Å². The average Bonchev–Trinajstić information content (AvgIpc) is 2.36. The van der Waals surface area contributed by atoms with E-state index in [1.807, 2.05) is 6.92 Å². The number of rotatable bonds is 4. The molecule has 2 rings (SSSR count). The van der Waals surface area contributed by atoms with Crippen LogP contribution in [0.3, 0.4) is 0 Å². The maximum atomic E-state index is 5.92. The first-order chi connectivity index (χ1) is 8.27. The van der Waals surface area contributed by atoms with E-state index in [4.69, 9.17) is 16.3 Å². The molecule has 1 aliphatic rings. The van der Waals surface area contributed by atoms with Crippen molar-refractivity contribution in [3.8, 4) is 0 Å². The third kappa shape index (κ3) is 3.52. The van der Waals surface area contributed by atoms with Crippen LogP contribution < -0.4 is 5.32 Å². The Labute approximate surface area is 106 Å². The smallest absolute Gasteiger partial charge is 0.137 e. The second kappa shape index (κ2) is 6.14. The summed E-state index contributed by atoms with van der Waals surface area (Å²) in [5.74, 6) is 0.818. The molecule has 17 heavy (non-hydrogen) atoms. The van der Waals surface area contributed by atoms with Crippen molar-refractivity contribution in [2.75, 3.05) is 44.7 Å². The van der Waals surface area contributed by atoms with Crippen molar-refractivity contribution in [2.24, 2.45) is 0 Å². The molecule has 94 valence electrons. The largest absolute Gasteiger partial charge is 0.379 e. The van der Waals surface area contributed by atoms with Gasteiger partial charge in [0.15, 0.2) is 0 Å². The van der Waals surface area contributed by atoms with E-state index in [9.17, 15) is 0 Å². The van der Waals surface area contributed by atoms with Crippen molar-refractivity contribution in [3.05, 3.63) is 17.0 Å². The van der Waals surface area contributed by atoms with Crippen LogP contribution in [-0.2, 0) is 4.74 Å². The SMILES string of the molecule is Cc1c(Cl)ncnc1NCCN1CCOCC1. The Balaban J connectivity index is 1.79. The Morgan fingerprint density at radius 1 is 1.41 bits per heavy atom. The maximum absolute atomic E-state index is 5.92. The van der Waals surface area contributed by atoms with Crippen molar-refractivity contribution < 1.29 is 4.74 Å². The Bertz CT molecular complexity index is 368. The van der Waals surface area contributed by atoms with E-state index in [2.05, 4.69) is 20.2 Å². The number of aromatic nitrogens is 2. The van der Waals surface area contributed by atoms with Gasteiger partial charge in [0.25, 0.3) is 0 Å². The molecule has 1 N–H and O–H groups in total. The van der Waals surface area contributed by atoms with Gasteiger partial charge in [-0.2, -0.15) is 0 Å².